The number of nitrogens with one attached hydrogen (secondary N) is 1. The van der Waals surface area contributed by atoms with Crippen molar-refractivity contribution in [2.45, 2.75) is 47.6 Å². The van der Waals surface area contributed by atoms with Gasteiger partial charge in [0.25, 0.3) is 0 Å². The maximum Gasteiger partial charge on any atom is 0.242 e. The molecule has 2 atom stereocenters. The quantitative estimate of drug-likeness (QED) is 0.257. The van der Waals surface area contributed by atoms with Crippen molar-refractivity contribution in [3.63, 3.8) is 0 Å². The molecule has 0 radical (unpaired) electrons. The van der Waals surface area contributed by atoms with Crippen molar-refractivity contribution in [2.24, 2.45) is 0 Å². The third kappa shape index (κ3) is 5.34. The summed E-state index contributed by atoms with van der Waals surface area (Å²) in [5.41, 5.74) is 2.14. The van der Waals surface area contributed by atoms with Gasteiger partial charge in [-0.25, -0.2) is 4.39 Å². The lowest BCUT2D eigenvalue weighted by atomic mass is 9.89. The molecule has 2 N–H and O–H groups in total. The maximum atomic E-state index is 14.7. The van der Waals surface area contributed by atoms with E-state index in [0.717, 1.165) is 21.4 Å². The van der Waals surface area contributed by atoms with Gasteiger partial charge >= 0.3 is 0 Å². The van der Waals surface area contributed by atoms with E-state index < -0.39 is 22.7 Å². The SMILES string of the molecule is O=C1CC(Sc2ccccc2)(C(=O)N2CCC(O)CC2)C(c2c[nH]c3cc(Cl)ccc23)N1Cc1ccc(Cl)c(F)c1. The standard InChI is InChI=1S/C31H28Cl2FN3O3S/c32-20-7-8-23-24(17-35-27(23)15-20)29-31(41-22-4-2-1-3-5-22,30(40)36-12-10-21(38)11-13-36)16-28(39)37(29)18-19-6-9-25(33)26(34)14-19/h1-9,14-15,17,21,29,35,38H,10-13,16,18H2. The monoisotopic (exact) mass is 611 g/mol. The first-order chi connectivity index (χ1) is 19.7. The molecule has 6 rings (SSSR count). The summed E-state index contributed by atoms with van der Waals surface area (Å²) in [5, 5.41) is 11.6. The van der Waals surface area contributed by atoms with Gasteiger partial charge in [0.2, 0.25) is 11.8 Å². The number of benzene rings is 3. The Labute approximate surface area is 251 Å². The number of likely N-dealkylation sites (tertiary alicyclic amines) is 2. The molecular formula is C31H28Cl2FN3O3S. The van der Waals surface area contributed by atoms with E-state index in [-0.39, 0.29) is 29.8 Å². The second kappa shape index (κ2) is 11.3. The van der Waals surface area contributed by atoms with E-state index >= 15 is 0 Å². The molecule has 2 aliphatic heterocycles. The number of aromatic amines is 1. The predicted octanol–water partition coefficient (Wildman–Crippen LogP) is 6.60. The van der Waals surface area contributed by atoms with Crippen LogP contribution in [0.1, 0.15) is 36.4 Å². The molecule has 2 saturated heterocycles. The Bertz CT molecular complexity index is 1610. The van der Waals surface area contributed by atoms with Gasteiger partial charge in [-0.05, 0) is 54.8 Å². The van der Waals surface area contributed by atoms with Gasteiger partial charge in [0.05, 0.1) is 23.6 Å². The minimum absolute atomic E-state index is 0.00278. The first-order valence-electron chi connectivity index (χ1n) is 13.5. The van der Waals surface area contributed by atoms with Crippen molar-refractivity contribution < 1.29 is 19.1 Å². The lowest BCUT2D eigenvalue weighted by Crippen LogP contribution is -2.52. The number of aliphatic hydroxyl groups is 1. The van der Waals surface area contributed by atoms with Gasteiger partial charge in [-0.2, -0.15) is 0 Å². The predicted molar refractivity (Wildman–Crippen MR) is 159 cm³/mol. The molecule has 2 fully saturated rings. The molecule has 0 aliphatic carbocycles. The molecule has 2 unspecified atom stereocenters. The minimum atomic E-state index is -1.22. The van der Waals surface area contributed by atoms with Crippen LogP contribution in [0.4, 0.5) is 4.39 Å². The van der Waals surface area contributed by atoms with Gasteiger partial charge in [0.1, 0.15) is 10.6 Å². The summed E-state index contributed by atoms with van der Waals surface area (Å²) in [7, 11) is 0. The van der Waals surface area contributed by atoms with Gasteiger partial charge < -0.3 is 19.9 Å². The number of hydrogen-bond donors (Lipinski definition) is 2. The zero-order chi connectivity index (χ0) is 28.7. The summed E-state index contributed by atoms with van der Waals surface area (Å²) in [6.07, 6.45) is 2.32. The Morgan fingerprint density at radius 2 is 1.83 bits per heavy atom. The molecule has 3 heterocycles. The molecule has 0 spiro atoms. The molecule has 2 amide bonds. The number of thioether (sulfide) groups is 1. The van der Waals surface area contributed by atoms with Crippen LogP contribution < -0.4 is 0 Å². The Morgan fingerprint density at radius 1 is 1.07 bits per heavy atom. The molecule has 1 aromatic heterocycles. The number of nitrogens with zero attached hydrogens (tertiary/aromatic N) is 2. The number of aliphatic hydroxyl groups excluding tert-OH is 1. The van der Waals surface area contributed by atoms with E-state index in [1.165, 1.54) is 23.9 Å². The first-order valence-corrected chi connectivity index (χ1v) is 15.0. The smallest absolute Gasteiger partial charge is 0.242 e. The van der Waals surface area contributed by atoms with E-state index in [4.69, 9.17) is 23.2 Å². The van der Waals surface area contributed by atoms with Crippen LogP contribution in [-0.2, 0) is 16.1 Å². The van der Waals surface area contributed by atoms with Crippen LogP contribution in [0.25, 0.3) is 10.9 Å². The Hall–Kier alpha value is -3.04. The van der Waals surface area contributed by atoms with Crippen LogP contribution in [0.3, 0.4) is 0 Å². The van der Waals surface area contributed by atoms with E-state index in [2.05, 4.69) is 4.98 Å². The molecular weight excluding hydrogens is 584 g/mol. The van der Waals surface area contributed by atoms with Crippen molar-refractivity contribution >= 4 is 57.7 Å². The lowest BCUT2D eigenvalue weighted by Gasteiger charge is -2.41. The van der Waals surface area contributed by atoms with Gasteiger partial charge in [0, 0.05) is 52.2 Å². The highest BCUT2D eigenvalue weighted by Gasteiger charge is 2.59. The van der Waals surface area contributed by atoms with Crippen molar-refractivity contribution in [1.82, 2.24) is 14.8 Å². The number of carbonyl (C=O) groups is 2. The fourth-order valence-electron chi connectivity index (χ4n) is 5.96. The number of piperidine rings is 1. The molecule has 2 aliphatic rings. The summed E-state index contributed by atoms with van der Waals surface area (Å²) >= 11 is 13.6. The maximum absolute atomic E-state index is 14.7. The van der Waals surface area contributed by atoms with Gasteiger partial charge in [-0.15, -0.1) is 11.8 Å². The van der Waals surface area contributed by atoms with Gasteiger partial charge in [-0.1, -0.05) is 53.5 Å². The second-order valence-corrected chi connectivity index (χ2v) is 12.9. The van der Waals surface area contributed by atoms with Gasteiger partial charge in [0.15, 0.2) is 0 Å². The zero-order valence-corrected chi connectivity index (χ0v) is 24.4. The number of amides is 2. The molecule has 3 aromatic carbocycles. The molecule has 4 aromatic rings. The van der Waals surface area contributed by atoms with Crippen LogP contribution >= 0.6 is 35.0 Å². The Balaban J connectivity index is 1.52. The number of fused-ring (bicyclic) bond motifs is 1. The number of hydrogen-bond acceptors (Lipinski definition) is 4. The van der Waals surface area contributed by atoms with E-state index in [9.17, 15) is 19.1 Å². The third-order valence-corrected chi connectivity index (χ3v) is 9.91. The first kappa shape index (κ1) is 28.1. The number of rotatable bonds is 6. The largest absolute Gasteiger partial charge is 0.393 e. The molecule has 212 valence electrons. The van der Waals surface area contributed by atoms with Crippen LogP contribution in [-0.4, -0.2) is 55.6 Å². The molecule has 10 heteroatoms. The Kier molecular flexibility index (Phi) is 7.76. The average molecular weight is 613 g/mol. The number of carbonyl (C=O) groups excluding carboxylic acids is 2. The normalized spacial score (nSPS) is 21.7. The van der Waals surface area contributed by atoms with Crippen LogP contribution in [0, 0.1) is 5.82 Å². The van der Waals surface area contributed by atoms with Crippen molar-refractivity contribution in [1.29, 1.82) is 0 Å². The average Bonchev–Trinajstić information content (AvgIpc) is 3.48. The molecule has 0 saturated carbocycles. The number of halogens is 3. The van der Waals surface area contributed by atoms with Crippen LogP contribution in [0.2, 0.25) is 10.0 Å². The summed E-state index contributed by atoms with van der Waals surface area (Å²) in [6.45, 7) is 0.911. The van der Waals surface area contributed by atoms with Crippen LogP contribution in [0.15, 0.2) is 77.8 Å². The molecule has 0 bridgehead atoms. The topological polar surface area (TPSA) is 76.6 Å². The third-order valence-electron chi connectivity index (χ3n) is 7.95. The summed E-state index contributed by atoms with van der Waals surface area (Å²) in [6, 6.07) is 18.9. The van der Waals surface area contributed by atoms with Crippen LogP contribution in [0.5, 0.6) is 0 Å². The number of aromatic nitrogens is 1. The summed E-state index contributed by atoms with van der Waals surface area (Å²) in [4.78, 5) is 36.3. The van der Waals surface area contributed by atoms with E-state index in [1.54, 1.807) is 21.9 Å². The Morgan fingerprint density at radius 3 is 2.56 bits per heavy atom. The van der Waals surface area contributed by atoms with Crippen molar-refractivity contribution in [3.05, 3.63) is 99.9 Å². The fraction of sp³-hybridized carbons (Fsp3) is 0.290. The lowest BCUT2D eigenvalue weighted by molar-refractivity contribution is -0.136. The summed E-state index contributed by atoms with van der Waals surface area (Å²) in [5.74, 6) is -0.922. The van der Waals surface area contributed by atoms with Crippen molar-refractivity contribution in [2.75, 3.05) is 13.1 Å². The van der Waals surface area contributed by atoms with E-state index in [0.29, 0.717) is 36.5 Å². The second-order valence-electron chi connectivity index (χ2n) is 10.6. The molecule has 6 nitrogen and oxygen atoms in total. The van der Waals surface area contributed by atoms with E-state index in [1.807, 2.05) is 48.7 Å². The fourth-order valence-corrected chi connectivity index (χ4v) is 7.74. The zero-order valence-electron chi connectivity index (χ0n) is 22.0. The minimum Gasteiger partial charge on any atom is -0.393 e. The van der Waals surface area contributed by atoms with Gasteiger partial charge in [-0.3, -0.25) is 9.59 Å². The summed E-state index contributed by atoms with van der Waals surface area (Å²) < 4.78 is 13.2. The number of H-pyrrole nitrogens is 1. The highest BCUT2D eigenvalue weighted by Crippen LogP contribution is 2.55. The van der Waals surface area contributed by atoms with Crippen molar-refractivity contribution in [3.8, 4) is 0 Å². The highest BCUT2D eigenvalue weighted by molar-refractivity contribution is 8.01. The highest BCUT2D eigenvalue weighted by atomic mass is 35.5. The molecule has 41 heavy (non-hydrogen) atoms.